The van der Waals surface area contributed by atoms with Crippen LogP contribution in [0.4, 0.5) is 5.69 Å². The number of amides is 1. The Hall–Kier alpha value is -3.40. The highest BCUT2D eigenvalue weighted by Crippen LogP contribution is 2.34. The normalized spacial score (nSPS) is 13.5. The van der Waals surface area contributed by atoms with Gasteiger partial charge in [-0.1, -0.05) is 6.07 Å². The lowest BCUT2D eigenvalue weighted by Crippen LogP contribution is -2.32. The Balaban J connectivity index is 1.76. The van der Waals surface area contributed by atoms with Gasteiger partial charge in [-0.3, -0.25) is 19.2 Å². The third kappa shape index (κ3) is 3.74. The number of aromatic nitrogens is 3. The Morgan fingerprint density at radius 3 is 2.68 bits per heavy atom. The van der Waals surface area contributed by atoms with Crippen LogP contribution in [0.15, 0.2) is 35.4 Å². The van der Waals surface area contributed by atoms with Crippen molar-refractivity contribution in [3.05, 3.63) is 53.1 Å². The van der Waals surface area contributed by atoms with Crippen LogP contribution in [0.25, 0.3) is 11.1 Å². The standard InChI is InChI=1S/C21H23N5O4S/c1-12-20(13(2)26(3)24-12)14-5-6-18(30-4)19(9-14)31(28,29)25-15-10-16-17(23-11-15)7-8-22-21(16)27/h5-6,9-11,25H,7-8H2,1-4H3,(H,22,27). The summed E-state index contributed by atoms with van der Waals surface area (Å²) in [4.78, 5) is 16.3. The molecule has 2 aromatic heterocycles. The number of fused-ring (bicyclic) bond motifs is 1. The maximum atomic E-state index is 13.2. The van der Waals surface area contributed by atoms with Crippen molar-refractivity contribution in [3.63, 3.8) is 0 Å². The number of rotatable bonds is 5. The van der Waals surface area contributed by atoms with Gasteiger partial charge in [0.25, 0.3) is 15.9 Å². The molecule has 0 atom stereocenters. The first kappa shape index (κ1) is 20.9. The van der Waals surface area contributed by atoms with Gasteiger partial charge >= 0.3 is 0 Å². The van der Waals surface area contributed by atoms with Crippen molar-refractivity contribution in [3.8, 4) is 16.9 Å². The highest BCUT2D eigenvalue weighted by atomic mass is 32.2. The van der Waals surface area contributed by atoms with E-state index in [0.717, 1.165) is 17.0 Å². The summed E-state index contributed by atoms with van der Waals surface area (Å²) >= 11 is 0. The SMILES string of the molecule is COc1ccc(-c2c(C)nn(C)c2C)cc1S(=O)(=O)Nc1cnc2c(c1)C(=O)NCC2. The van der Waals surface area contributed by atoms with Crippen molar-refractivity contribution < 1.29 is 17.9 Å². The zero-order chi connectivity index (χ0) is 22.3. The topological polar surface area (TPSA) is 115 Å². The number of sulfonamides is 1. The molecule has 0 aliphatic carbocycles. The number of hydrogen-bond acceptors (Lipinski definition) is 6. The smallest absolute Gasteiger partial charge is 0.265 e. The van der Waals surface area contributed by atoms with Crippen LogP contribution in [0.5, 0.6) is 5.75 Å². The van der Waals surface area contributed by atoms with E-state index in [4.69, 9.17) is 4.74 Å². The number of carbonyl (C=O) groups is 1. The Bertz CT molecular complexity index is 1300. The van der Waals surface area contributed by atoms with Crippen LogP contribution in [0, 0.1) is 13.8 Å². The van der Waals surface area contributed by atoms with Crippen molar-refractivity contribution >= 4 is 21.6 Å². The Kier molecular flexibility index (Phi) is 5.18. The number of methoxy groups -OCH3 is 1. The Morgan fingerprint density at radius 2 is 2.00 bits per heavy atom. The van der Waals surface area contributed by atoms with E-state index in [2.05, 4.69) is 20.1 Å². The molecule has 0 radical (unpaired) electrons. The predicted octanol–water partition coefficient (Wildman–Crippen LogP) is 2.19. The first-order chi connectivity index (χ1) is 14.7. The van der Waals surface area contributed by atoms with Crippen molar-refractivity contribution in [1.29, 1.82) is 0 Å². The molecule has 1 aliphatic rings. The van der Waals surface area contributed by atoms with Gasteiger partial charge in [-0.2, -0.15) is 5.10 Å². The lowest BCUT2D eigenvalue weighted by molar-refractivity contribution is 0.0945. The summed E-state index contributed by atoms with van der Waals surface area (Å²) in [5.74, 6) is -0.0592. The summed E-state index contributed by atoms with van der Waals surface area (Å²) in [6, 6.07) is 6.49. The van der Waals surface area contributed by atoms with Gasteiger partial charge in [0, 0.05) is 31.3 Å². The first-order valence-corrected chi connectivity index (χ1v) is 11.2. The van der Waals surface area contributed by atoms with Gasteiger partial charge in [0.1, 0.15) is 10.6 Å². The fourth-order valence-corrected chi connectivity index (χ4v) is 5.01. The molecule has 0 saturated heterocycles. The van der Waals surface area contributed by atoms with Crippen LogP contribution >= 0.6 is 0 Å². The summed E-state index contributed by atoms with van der Waals surface area (Å²) in [6.07, 6.45) is 2.02. The van der Waals surface area contributed by atoms with Crippen LogP contribution in [-0.2, 0) is 23.5 Å². The van der Waals surface area contributed by atoms with Crippen LogP contribution in [0.2, 0.25) is 0 Å². The van der Waals surface area contributed by atoms with E-state index < -0.39 is 10.0 Å². The highest BCUT2D eigenvalue weighted by Gasteiger charge is 2.24. The number of anilines is 1. The lowest BCUT2D eigenvalue weighted by atomic mass is 10.0. The predicted molar refractivity (Wildman–Crippen MR) is 116 cm³/mol. The van der Waals surface area contributed by atoms with Gasteiger partial charge in [-0.15, -0.1) is 0 Å². The molecule has 10 heteroatoms. The number of aryl methyl sites for hydroxylation is 2. The number of pyridine rings is 1. The largest absolute Gasteiger partial charge is 0.495 e. The van der Waals surface area contributed by atoms with Gasteiger partial charge in [0.2, 0.25) is 0 Å². The van der Waals surface area contributed by atoms with Gasteiger partial charge in [0.05, 0.1) is 35.9 Å². The molecule has 0 fully saturated rings. The summed E-state index contributed by atoms with van der Waals surface area (Å²) in [5, 5.41) is 7.14. The van der Waals surface area contributed by atoms with Crippen molar-refractivity contribution in [2.24, 2.45) is 7.05 Å². The van der Waals surface area contributed by atoms with Crippen LogP contribution < -0.4 is 14.8 Å². The maximum Gasteiger partial charge on any atom is 0.265 e. The molecule has 3 heterocycles. The molecule has 0 saturated carbocycles. The third-order valence-corrected chi connectivity index (χ3v) is 6.77. The molecule has 0 unspecified atom stereocenters. The average Bonchev–Trinajstić information content (AvgIpc) is 2.99. The molecule has 0 spiro atoms. The molecule has 162 valence electrons. The fraction of sp³-hybridized carbons (Fsp3) is 0.286. The molecule has 9 nitrogen and oxygen atoms in total. The number of nitrogens with one attached hydrogen (secondary N) is 2. The Labute approximate surface area is 180 Å². The monoisotopic (exact) mass is 441 g/mol. The zero-order valence-corrected chi connectivity index (χ0v) is 18.5. The third-order valence-electron chi connectivity index (χ3n) is 5.37. The second-order valence-corrected chi connectivity index (χ2v) is 9.02. The number of ether oxygens (including phenoxy) is 1. The first-order valence-electron chi connectivity index (χ1n) is 9.70. The lowest BCUT2D eigenvalue weighted by Gasteiger charge is -2.17. The average molecular weight is 442 g/mol. The summed E-state index contributed by atoms with van der Waals surface area (Å²) < 4.78 is 36.1. The molecule has 31 heavy (non-hydrogen) atoms. The number of benzene rings is 1. The minimum atomic E-state index is -4.02. The molecule has 1 aromatic carbocycles. The second-order valence-electron chi connectivity index (χ2n) is 7.36. The van der Waals surface area contributed by atoms with E-state index in [1.165, 1.54) is 19.4 Å². The minimum absolute atomic E-state index is 0.0164. The van der Waals surface area contributed by atoms with Gasteiger partial charge in [-0.05, 0) is 37.6 Å². The fourth-order valence-electron chi connectivity index (χ4n) is 3.78. The van der Waals surface area contributed by atoms with Gasteiger partial charge in [0.15, 0.2) is 0 Å². The van der Waals surface area contributed by atoms with E-state index in [1.807, 2.05) is 20.9 Å². The van der Waals surface area contributed by atoms with E-state index >= 15 is 0 Å². The van der Waals surface area contributed by atoms with E-state index in [1.54, 1.807) is 22.9 Å². The van der Waals surface area contributed by atoms with E-state index in [-0.39, 0.29) is 22.2 Å². The molecule has 3 aromatic rings. The molecular weight excluding hydrogens is 418 g/mol. The van der Waals surface area contributed by atoms with Crippen molar-refractivity contribution in [2.45, 2.75) is 25.2 Å². The van der Waals surface area contributed by atoms with Crippen LogP contribution in [-0.4, -0.2) is 42.7 Å². The van der Waals surface area contributed by atoms with Crippen LogP contribution in [0.1, 0.15) is 27.4 Å². The summed E-state index contributed by atoms with van der Waals surface area (Å²) in [6.45, 7) is 4.32. The summed E-state index contributed by atoms with van der Waals surface area (Å²) in [7, 11) is -0.766. The number of nitrogens with zero attached hydrogens (tertiary/aromatic N) is 3. The molecule has 1 aliphatic heterocycles. The Morgan fingerprint density at radius 1 is 1.23 bits per heavy atom. The molecule has 1 amide bonds. The molecule has 4 rings (SSSR count). The molecule has 0 bridgehead atoms. The van der Waals surface area contributed by atoms with Crippen LogP contribution in [0.3, 0.4) is 0 Å². The highest BCUT2D eigenvalue weighted by molar-refractivity contribution is 7.92. The van der Waals surface area contributed by atoms with Crippen molar-refractivity contribution in [1.82, 2.24) is 20.1 Å². The van der Waals surface area contributed by atoms with E-state index in [0.29, 0.717) is 29.8 Å². The zero-order valence-electron chi connectivity index (χ0n) is 17.7. The number of hydrogen-bond donors (Lipinski definition) is 2. The second kappa shape index (κ2) is 7.69. The molecule has 2 N–H and O–H groups in total. The van der Waals surface area contributed by atoms with Gasteiger partial charge in [-0.25, -0.2) is 8.42 Å². The quantitative estimate of drug-likeness (QED) is 0.627. The number of carbonyl (C=O) groups excluding carboxylic acids is 1. The minimum Gasteiger partial charge on any atom is -0.495 e. The molecular formula is C21H23N5O4S. The maximum absolute atomic E-state index is 13.2. The van der Waals surface area contributed by atoms with E-state index in [9.17, 15) is 13.2 Å². The van der Waals surface area contributed by atoms with Gasteiger partial charge < -0.3 is 10.1 Å². The summed E-state index contributed by atoms with van der Waals surface area (Å²) in [5.41, 5.74) is 4.52. The van der Waals surface area contributed by atoms with Crippen molar-refractivity contribution in [2.75, 3.05) is 18.4 Å².